The van der Waals surface area contributed by atoms with Crippen molar-refractivity contribution in [2.45, 2.75) is 30.7 Å². The molecular formula is C16H21ClN2O5S. The number of carbonyl (C=O) groups excluding carboxylic acids is 2. The smallest absolute Gasteiger partial charge is 0.328 e. The summed E-state index contributed by atoms with van der Waals surface area (Å²) >= 11 is 5.79. The van der Waals surface area contributed by atoms with Gasteiger partial charge in [-0.1, -0.05) is 11.6 Å². The maximum Gasteiger partial charge on any atom is 0.328 e. The second-order valence-electron chi connectivity index (χ2n) is 5.89. The highest BCUT2D eigenvalue weighted by Crippen LogP contribution is 2.25. The predicted molar refractivity (Wildman–Crippen MR) is 92.6 cm³/mol. The zero-order valence-corrected chi connectivity index (χ0v) is 15.6. The fraction of sp³-hybridized carbons (Fsp3) is 0.500. The first kappa shape index (κ1) is 19.7. The van der Waals surface area contributed by atoms with E-state index in [1.165, 1.54) is 35.7 Å². The molecule has 2 rings (SSSR count). The van der Waals surface area contributed by atoms with E-state index in [0.717, 1.165) is 0 Å². The maximum atomic E-state index is 12.6. The standard InChI is InChI=1S/C16H21ClN2O5S/c1-11(16(21)24-2)18-15(20)12-7-9-19(10-8-12)25(22,23)14-5-3-13(17)4-6-14/h3-6,11-12H,7-10H2,1-2H3,(H,18,20). The molecule has 138 valence electrons. The normalized spacial score (nSPS) is 17.7. The summed E-state index contributed by atoms with van der Waals surface area (Å²) < 4.78 is 31.1. The van der Waals surface area contributed by atoms with Crippen molar-refractivity contribution in [2.24, 2.45) is 5.92 Å². The van der Waals surface area contributed by atoms with Crippen LogP contribution in [0.1, 0.15) is 19.8 Å². The summed E-state index contributed by atoms with van der Waals surface area (Å²) in [5.41, 5.74) is 0. The second kappa shape index (κ2) is 8.16. The lowest BCUT2D eigenvalue weighted by atomic mass is 9.97. The highest BCUT2D eigenvalue weighted by atomic mass is 35.5. The van der Waals surface area contributed by atoms with Crippen molar-refractivity contribution in [3.05, 3.63) is 29.3 Å². The molecule has 0 saturated carbocycles. The van der Waals surface area contributed by atoms with Crippen LogP contribution in [0.5, 0.6) is 0 Å². The highest BCUT2D eigenvalue weighted by Gasteiger charge is 2.32. The van der Waals surface area contributed by atoms with E-state index in [-0.39, 0.29) is 29.8 Å². The van der Waals surface area contributed by atoms with E-state index in [0.29, 0.717) is 17.9 Å². The van der Waals surface area contributed by atoms with Crippen molar-refractivity contribution in [3.63, 3.8) is 0 Å². The van der Waals surface area contributed by atoms with Crippen LogP contribution in [0.25, 0.3) is 0 Å². The number of esters is 1. The largest absolute Gasteiger partial charge is 0.467 e. The number of nitrogens with zero attached hydrogens (tertiary/aromatic N) is 1. The molecule has 0 radical (unpaired) electrons. The molecule has 1 saturated heterocycles. The van der Waals surface area contributed by atoms with E-state index in [4.69, 9.17) is 11.6 Å². The van der Waals surface area contributed by atoms with Gasteiger partial charge in [-0.25, -0.2) is 13.2 Å². The van der Waals surface area contributed by atoms with Gasteiger partial charge in [-0.3, -0.25) is 4.79 Å². The number of sulfonamides is 1. The summed E-state index contributed by atoms with van der Waals surface area (Å²) in [4.78, 5) is 23.7. The Balaban J connectivity index is 1.96. The number of benzene rings is 1. The number of carbonyl (C=O) groups is 2. The lowest BCUT2D eigenvalue weighted by molar-refractivity contribution is -0.145. The van der Waals surface area contributed by atoms with Crippen molar-refractivity contribution in [1.29, 1.82) is 0 Å². The SMILES string of the molecule is COC(=O)C(C)NC(=O)C1CCN(S(=O)(=O)c2ccc(Cl)cc2)CC1. The van der Waals surface area contributed by atoms with Gasteiger partial charge in [0.25, 0.3) is 0 Å². The van der Waals surface area contributed by atoms with Crippen molar-refractivity contribution in [3.8, 4) is 0 Å². The molecule has 1 aromatic rings. The maximum absolute atomic E-state index is 12.6. The summed E-state index contributed by atoms with van der Waals surface area (Å²) in [6.07, 6.45) is 0.791. The van der Waals surface area contributed by atoms with Crippen LogP contribution in [-0.2, 0) is 24.3 Å². The Morgan fingerprint density at radius 2 is 1.80 bits per heavy atom. The molecule has 7 nitrogen and oxygen atoms in total. The van der Waals surface area contributed by atoms with Crippen molar-refractivity contribution < 1.29 is 22.7 Å². The minimum atomic E-state index is -3.60. The summed E-state index contributed by atoms with van der Waals surface area (Å²) in [7, 11) is -2.34. The topological polar surface area (TPSA) is 92.8 Å². The Morgan fingerprint density at radius 3 is 2.32 bits per heavy atom. The molecule has 0 aromatic heterocycles. The zero-order chi connectivity index (χ0) is 18.6. The van der Waals surface area contributed by atoms with Crippen molar-refractivity contribution in [1.82, 2.24) is 9.62 Å². The van der Waals surface area contributed by atoms with Crippen molar-refractivity contribution in [2.75, 3.05) is 20.2 Å². The van der Waals surface area contributed by atoms with E-state index >= 15 is 0 Å². The van der Waals surface area contributed by atoms with Crippen LogP contribution in [0, 0.1) is 5.92 Å². The molecule has 0 aliphatic carbocycles. The summed E-state index contributed by atoms with van der Waals surface area (Å²) in [5.74, 6) is -1.11. The molecule has 1 fully saturated rings. The Hall–Kier alpha value is -1.64. The Morgan fingerprint density at radius 1 is 1.24 bits per heavy atom. The van der Waals surface area contributed by atoms with Crippen LogP contribution in [0.2, 0.25) is 5.02 Å². The molecule has 9 heteroatoms. The number of hydrogen-bond donors (Lipinski definition) is 1. The molecule has 1 amide bonds. The van der Waals surface area contributed by atoms with Gasteiger partial charge in [-0.15, -0.1) is 0 Å². The average Bonchev–Trinajstić information content (AvgIpc) is 2.61. The number of piperidine rings is 1. The molecule has 0 spiro atoms. The monoisotopic (exact) mass is 388 g/mol. The van der Waals surface area contributed by atoms with Crippen LogP contribution in [-0.4, -0.2) is 50.8 Å². The number of halogens is 1. The van der Waals surface area contributed by atoms with Gasteiger partial charge in [0, 0.05) is 24.0 Å². The van der Waals surface area contributed by atoms with Gasteiger partial charge >= 0.3 is 5.97 Å². The molecular weight excluding hydrogens is 368 g/mol. The number of methoxy groups -OCH3 is 1. The quantitative estimate of drug-likeness (QED) is 0.770. The molecule has 1 aromatic carbocycles. The van der Waals surface area contributed by atoms with Crippen LogP contribution >= 0.6 is 11.6 Å². The molecule has 0 bridgehead atoms. The van der Waals surface area contributed by atoms with Crippen LogP contribution in [0.15, 0.2) is 29.2 Å². The van der Waals surface area contributed by atoms with Gasteiger partial charge in [0.2, 0.25) is 15.9 Å². The summed E-state index contributed by atoms with van der Waals surface area (Å²) in [6.45, 7) is 2.04. The van der Waals surface area contributed by atoms with Gasteiger partial charge < -0.3 is 10.1 Å². The van der Waals surface area contributed by atoms with Crippen molar-refractivity contribution >= 4 is 33.5 Å². The van der Waals surface area contributed by atoms with Gasteiger partial charge in [-0.05, 0) is 44.0 Å². The van der Waals surface area contributed by atoms with E-state index in [2.05, 4.69) is 10.1 Å². The molecule has 1 unspecified atom stereocenters. The number of rotatable bonds is 5. The molecule has 1 aliphatic heterocycles. The number of ether oxygens (including phenoxy) is 1. The first-order valence-corrected chi connectivity index (χ1v) is 9.71. The first-order valence-electron chi connectivity index (χ1n) is 7.89. The fourth-order valence-corrected chi connectivity index (χ4v) is 4.28. The third-order valence-corrected chi connectivity index (χ3v) is 6.35. The first-order chi connectivity index (χ1) is 11.8. The Labute approximate surface area is 152 Å². The summed E-state index contributed by atoms with van der Waals surface area (Å²) in [5, 5.41) is 3.06. The molecule has 1 aliphatic rings. The summed E-state index contributed by atoms with van der Waals surface area (Å²) in [6, 6.07) is 5.27. The molecule has 1 N–H and O–H groups in total. The third kappa shape index (κ3) is 4.71. The zero-order valence-electron chi connectivity index (χ0n) is 14.1. The van der Waals surface area contributed by atoms with Crippen LogP contribution < -0.4 is 5.32 Å². The van der Waals surface area contributed by atoms with Gasteiger partial charge in [0.1, 0.15) is 6.04 Å². The molecule has 1 heterocycles. The minimum Gasteiger partial charge on any atom is -0.467 e. The molecule has 1 atom stereocenters. The lowest BCUT2D eigenvalue weighted by Crippen LogP contribution is -2.46. The fourth-order valence-electron chi connectivity index (χ4n) is 2.68. The molecule has 25 heavy (non-hydrogen) atoms. The van der Waals surface area contributed by atoms with Gasteiger partial charge in [0.05, 0.1) is 12.0 Å². The minimum absolute atomic E-state index is 0.180. The predicted octanol–water partition coefficient (Wildman–Crippen LogP) is 1.42. The number of hydrogen-bond acceptors (Lipinski definition) is 5. The second-order valence-corrected chi connectivity index (χ2v) is 8.26. The van der Waals surface area contributed by atoms with E-state index < -0.39 is 22.0 Å². The van der Waals surface area contributed by atoms with E-state index in [1.54, 1.807) is 6.92 Å². The number of nitrogens with one attached hydrogen (secondary N) is 1. The van der Waals surface area contributed by atoms with Gasteiger partial charge in [-0.2, -0.15) is 4.31 Å². The van der Waals surface area contributed by atoms with Crippen LogP contribution in [0.3, 0.4) is 0 Å². The van der Waals surface area contributed by atoms with Crippen LogP contribution in [0.4, 0.5) is 0 Å². The number of amides is 1. The van der Waals surface area contributed by atoms with E-state index in [9.17, 15) is 18.0 Å². The lowest BCUT2D eigenvalue weighted by Gasteiger charge is -2.31. The Bertz CT molecular complexity index is 727. The third-order valence-electron chi connectivity index (χ3n) is 4.19. The average molecular weight is 389 g/mol. The highest BCUT2D eigenvalue weighted by molar-refractivity contribution is 7.89. The van der Waals surface area contributed by atoms with Gasteiger partial charge in [0.15, 0.2) is 0 Å². The Kier molecular flexibility index (Phi) is 6.42. The van der Waals surface area contributed by atoms with E-state index in [1.807, 2.05) is 0 Å².